The van der Waals surface area contributed by atoms with E-state index in [4.69, 9.17) is 14.2 Å². The minimum atomic E-state index is -1.09. The van der Waals surface area contributed by atoms with Crippen LogP contribution in [-0.4, -0.2) is 54.9 Å². The van der Waals surface area contributed by atoms with E-state index in [0.717, 1.165) is 22.2 Å². The molecule has 2 aromatic carbocycles. The Morgan fingerprint density at radius 3 is 2.74 bits per heavy atom. The van der Waals surface area contributed by atoms with E-state index in [2.05, 4.69) is 26.1 Å². The molecule has 1 aliphatic heterocycles. The number of ether oxygens (including phenoxy) is 3. The number of aliphatic hydroxyl groups excluding tert-OH is 1. The molecule has 0 aliphatic carbocycles. The first-order chi connectivity index (χ1) is 18.3. The van der Waals surface area contributed by atoms with Gasteiger partial charge in [0.1, 0.15) is 6.61 Å². The fraction of sp³-hybridized carbons (Fsp3) is 0.296. The largest absolute Gasteiger partial charge is 0.490 e. The van der Waals surface area contributed by atoms with Gasteiger partial charge in [0.25, 0.3) is 0 Å². The number of hydrazone groups is 1. The topological polar surface area (TPSA) is 146 Å². The maximum absolute atomic E-state index is 12.4. The molecule has 2 amide bonds. The van der Waals surface area contributed by atoms with Crippen molar-refractivity contribution in [2.45, 2.75) is 33.0 Å². The number of para-hydroxylation sites is 1. The smallest absolute Gasteiger partial charge is 0.337 e. The summed E-state index contributed by atoms with van der Waals surface area (Å²) < 4.78 is 16.4. The van der Waals surface area contributed by atoms with Gasteiger partial charge in [0.2, 0.25) is 0 Å². The monoisotopic (exact) mass is 521 g/mol. The number of H-pyrrole nitrogens is 1. The Morgan fingerprint density at radius 1 is 1.18 bits per heavy atom. The lowest BCUT2D eigenvalue weighted by molar-refractivity contribution is -0.136. The highest BCUT2D eigenvalue weighted by Crippen LogP contribution is 2.35. The zero-order valence-corrected chi connectivity index (χ0v) is 21.6. The summed E-state index contributed by atoms with van der Waals surface area (Å²) in [5.41, 5.74) is 6.86. The number of carbonyl (C=O) groups excluding carboxylic acids is 2. The third-order valence-corrected chi connectivity index (χ3v) is 6.03. The molecule has 0 unspecified atom stereocenters. The lowest BCUT2D eigenvalue weighted by Crippen LogP contribution is -2.45. The zero-order valence-electron chi connectivity index (χ0n) is 21.6. The third-order valence-electron chi connectivity index (χ3n) is 6.03. The van der Waals surface area contributed by atoms with Crippen molar-refractivity contribution in [3.8, 4) is 11.5 Å². The number of hydrogen-bond acceptors (Lipinski definition) is 8. The number of aryl methyl sites for hydroxylation is 1. The van der Waals surface area contributed by atoms with Crippen LogP contribution in [0.5, 0.6) is 11.5 Å². The van der Waals surface area contributed by atoms with E-state index in [1.54, 1.807) is 31.3 Å². The van der Waals surface area contributed by atoms with Gasteiger partial charge in [0.05, 0.1) is 31.5 Å². The molecule has 0 saturated heterocycles. The molecular weight excluding hydrogens is 490 g/mol. The number of urea groups is 1. The third kappa shape index (κ3) is 5.73. The average molecular weight is 522 g/mol. The van der Waals surface area contributed by atoms with E-state index in [9.17, 15) is 14.7 Å². The molecule has 4 rings (SSSR count). The first-order valence-electron chi connectivity index (χ1n) is 12.1. The fourth-order valence-electron chi connectivity index (χ4n) is 4.27. The molecule has 5 N–H and O–H groups in total. The van der Waals surface area contributed by atoms with Crippen molar-refractivity contribution in [1.29, 1.82) is 0 Å². The van der Waals surface area contributed by atoms with E-state index >= 15 is 0 Å². The molecule has 0 spiro atoms. The molecule has 3 aromatic rings. The van der Waals surface area contributed by atoms with Gasteiger partial charge in [-0.1, -0.05) is 24.3 Å². The van der Waals surface area contributed by atoms with Crippen LogP contribution in [-0.2, 0) is 9.53 Å². The van der Waals surface area contributed by atoms with Crippen LogP contribution in [0.15, 0.2) is 58.8 Å². The van der Waals surface area contributed by atoms with Crippen LogP contribution < -0.4 is 25.5 Å². The normalized spacial score (nSPS) is 16.2. The summed E-state index contributed by atoms with van der Waals surface area (Å²) in [6, 6.07) is 11.8. The maximum Gasteiger partial charge on any atom is 0.337 e. The second kappa shape index (κ2) is 11.7. The number of rotatable bonds is 10. The molecule has 11 heteroatoms. The van der Waals surface area contributed by atoms with E-state index in [0.29, 0.717) is 29.4 Å². The second-order valence-corrected chi connectivity index (χ2v) is 8.62. The number of aliphatic hydroxyl groups is 1. The number of aromatic nitrogens is 1. The number of benzene rings is 2. The van der Waals surface area contributed by atoms with Crippen molar-refractivity contribution in [3.05, 3.63) is 70.6 Å². The van der Waals surface area contributed by atoms with Gasteiger partial charge in [-0.2, -0.15) is 5.10 Å². The van der Waals surface area contributed by atoms with E-state index < -0.39 is 24.3 Å². The Morgan fingerprint density at radius 2 is 1.97 bits per heavy atom. The number of aromatic amines is 1. The van der Waals surface area contributed by atoms with Crippen LogP contribution in [0.3, 0.4) is 0 Å². The minimum Gasteiger partial charge on any atom is -0.490 e. The van der Waals surface area contributed by atoms with Gasteiger partial charge in [-0.05, 0) is 44.5 Å². The molecule has 38 heavy (non-hydrogen) atoms. The zero-order chi connectivity index (χ0) is 27.2. The molecule has 0 bridgehead atoms. The van der Waals surface area contributed by atoms with Crippen LogP contribution in [0.2, 0.25) is 0 Å². The van der Waals surface area contributed by atoms with Crippen LogP contribution in [0.1, 0.15) is 36.7 Å². The summed E-state index contributed by atoms with van der Waals surface area (Å²) in [7, 11) is 1.28. The number of methoxy groups -OCH3 is 1. The van der Waals surface area contributed by atoms with Gasteiger partial charge < -0.3 is 34.9 Å². The van der Waals surface area contributed by atoms with Crippen LogP contribution in [0, 0.1) is 6.92 Å². The number of allylic oxidation sites excluding steroid dienone is 1. The van der Waals surface area contributed by atoms with Crippen LogP contribution in [0.4, 0.5) is 4.79 Å². The lowest BCUT2D eigenvalue weighted by atomic mass is 9.95. The standard InChI is InChI=1S/C27H31N5O6/c1-5-37-22-12-17(25-24(26(34)36-4)16(3)30-27(35)31-25)10-11-21(22)38-14-23(33)32-28-13-19-15(2)29-20-9-7-6-8-18(19)20/h6-13,23,25,29,32-33H,5,14H2,1-4H3,(H2,30,31,35)/b28-13-/t23-,25-/m1/s1. The molecule has 0 saturated carbocycles. The van der Waals surface area contributed by atoms with Gasteiger partial charge in [-0.15, -0.1) is 0 Å². The fourth-order valence-corrected chi connectivity index (χ4v) is 4.27. The second-order valence-electron chi connectivity index (χ2n) is 8.62. The molecule has 0 radical (unpaired) electrons. The number of carbonyl (C=O) groups is 2. The number of hydrogen-bond donors (Lipinski definition) is 5. The summed E-state index contributed by atoms with van der Waals surface area (Å²) in [5.74, 6) is 0.217. The summed E-state index contributed by atoms with van der Waals surface area (Å²) in [5, 5.41) is 20.9. The highest BCUT2D eigenvalue weighted by molar-refractivity contribution is 6.00. The van der Waals surface area contributed by atoms with Gasteiger partial charge in [0.15, 0.2) is 17.7 Å². The molecule has 200 valence electrons. The highest BCUT2D eigenvalue weighted by atomic mass is 16.5. The Hall–Kier alpha value is -4.51. The van der Waals surface area contributed by atoms with Crippen LogP contribution in [0.25, 0.3) is 10.9 Å². The van der Waals surface area contributed by atoms with E-state index in [1.807, 2.05) is 38.1 Å². The summed E-state index contributed by atoms with van der Waals surface area (Å²) in [6.07, 6.45) is 0.561. The average Bonchev–Trinajstić information content (AvgIpc) is 3.22. The van der Waals surface area contributed by atoms with Crippen LogP contribution >= 0.6 is 0 Å². The predicted molar refractivity (Wildman–Crippen MR) is 142 cm³/mol. The van der Waals surface area contributed by atoms with Gasteiger partial charge in [0, 0.05) is 27.9 Å². The Balaban J connectivity index is 1.45. The van der Waals surface area contributed by atoms with Crippen molar-refractivity contribution in [2.75, 3.05) is 20.3 Å². The summed E-state index contributed by atoms with van der Waals surface area (Å²) in [4.78, 5) is 27.8. The SMILES string of the molecule is CCOc1cc([C@H]2NC(=O)NC(C)=C2C(=O)OC)ccc1OC[C@@H](O)N/N=C\c1c(C)[nH]c2ccccc12. The molecule has 11 nitrogen and oxygen atoms in total. The van der Waals surface area contributed by atoms with Crippen molar-refractivity contribution in [1.82, 2.24) is 21.0 Å². The van der Waals surface area contributed by atoms with Crippen molar-refractivity contribution in [3.63, 3.8) is 0 Å². The van der Waals surface area contributed by atoms with Crippen molar-refractivity contribution >= 4 is 29.1 Å². The Labute approximate surface area is 219 Å². The van der Waals surface area contributed by atoms with E-state index in [-0.39, 0.29) is 12.2 Å². The molecule has 2 atom stereocenters. The number of esters is 1. The first kappa shape index (κ1) is 26.6. The number of fused-ring (bicyclic) bond motifs is 1. The Bertz CT molecular complexity index is 1400. The highest BCUT2D eigenvalue weighted by Gasteiger charge is 2.32. The molecule has 2 heterocycles. The number of nitrogens with one attached hydrogen (secondary N) is 4. The summed E-state index contributed by atoms with van der Waals surface area (Å²) in [6.45, 7) is 5.66. The number of amides is 2. The van der Waals surface area contributed by atoms with Gasteiger partial charge in [-0.3, -0.25) is 5.43 Å². The lowest BCUT2D eigenvalue weighted by Gasteiger charge is -2.28. The molecule has 1 aliphatic rings. The molecule has 1 aromatic heterocycles. The quantitative estimate of drug-likeness (QED) is 0.119. The summed E-state index contributed by atoms with van der Waals surface area (Å²) >= 11 is 0. The first-order valence-corrected chi connectivity index (χ1v) is 12.1. The van der Waals surface area contributed by atoms with Crippen molar-refractivity contribution < 1.29 is 28.9 Å². The van der Waals surface area contributed by atoms with Gasteiger partial charge >= 0.3 is 12.0 Å². The minimum absolute atomic E-state index is 0.111. The number of nitrogens with zero attached hydrogens (tertiary/aromatic N) is 1. The Kier molecular flexibility index (Phi) is 8.17. The molecular formula is C27H31N5O6. The molecule has 0 fully saturated rings. The predicted octanol–water partition coefficient (Wildman–Crippen LogP) is 3.00. The van der Waals surface area contributed by atoms with E-state index in [1.165, 1.54) is 7.11 Å². The van der Waals surface area contributed by atoms with Gasteiger partial charge in [-0.25, -0.2) is 9.59 Å². The van der Waals surface area contributed by atoms with Crippen molar-refractivity contribution in [2.24, 2.45) is 5.10 Å². The maximum atomic E-state index is 12.4.